The molecule has 4 N–H and O–H groups in total. The van der Waals surface area contributed by atoms with E-state index in [0.29, 0.717) is 11.3 Å². The lowest BCUT2D eigenvalue weighted by Gasteiger charge is -2.06. The van der Waals surface area contributed by atoms with E-state index in [1.165, 1.54) is 0 Å². The topological polar surface area (TPSA) is 87.6 Å². The first kappa shape index (κ1) is 9.50. The number of benzene rings is 1. The third kappa shape index (κ3) is 2.73. The highest BCUT2D eigenvalue weighted by Gasteiger charge is 2.04. The van der Waals surface area contributed by atoms with Crippen LogP contribution in [0.5, 0.6) is 5.75 Å². The lowest BCUT2D eigenvalue weighted by Crippen LogP contribution is -2.17. The summed E-state index contributed by atoms with van der Waals surface area (Å²) in [6.45, 7) is 0.170. The second-order valence-electron chi connectivity index (χ2n) is 2.34. The van der Waals surface area contributed by atoms with E-state index in [2.05, 4.69) is 4.84 Å². The Kier molecular flexibility index (Phi) is 3.24. The van der Waals surface area contributed by atoms with E-state index >= 15 is 0 Å². The highest BCUT2D eigenvalue weighted by atomic mass is 16.6. The van der Waals surface area contributed by atoms with Gasteiger partial charge in [0, 0.05) is 5.56 Å². The first-order valence-corrected chi connectivity index (χ1v) is 3.61. The Hall–Kier alpha value is -1.59. The lowest BCUT2D eigenvalue weighted by atomic mass is 10.2. The van der Waals surface area contributed by atoms with Gasteiger partial charge in [-0.25, -0.2) is 10.7 Å². The molecule has 0 unspecified atom stereocenters. The Morgan fingerprint density at radius 1 is 1.38 bits per heavy atom. The molecule has 0 aromatic heterocycles. The maximum absolute atomic E-state index is 10.5. The van der Waals surface area contributed by atoms with E-state index in [0.717, 1.165) is 0 Å². The summed E-state index contributed by atoms with van der Waals surface area (Å²) < 4.78 is 4.70. The zero-order valence-electron chi connectivity index (χ0n) is 6.90. The van der Waals surface area contributed by atoms with E-state index in [1.54, 1.807) is 24.3 Å². The molecule has 0 fully saturated rings. The Labute approximate surface area is 75.2 Å². The smallest absolute Gasteiger partial charge is 0.409 e. The molecule has 70 valence electrons. The van der Waals surface area contributed by atoms with E-state index in [-0.39, 0.29) is 6.61 Å². The molecule has 0 aliphatic carbocycles. The number of carbonyl (C=O) groups excluding carboxylic acids is 1. The third-order valence-corrected chi connectivity index (χ3v) is 1.42. The number of rotatable bonds is 3. The van der Waals surface area contributed by atoms with Gasteiger partial charge in [0.05, 0.1) is 6.61 Å². The van der Waals surface area contributed by atoms with Gasteiger partial charge in [0.2, 0.25) is 0 Å². The van der Waals surface area contributed by atoms with Crippen molar-refractivity contribution in [2.24, 2.45) is 11.6 Å². The zero-order valence-corrected chi connectivity index (χ0v) is 6.90. The van der Waals surface area contributed by atoms with Gasteiger partial charge in [-0.05, 0) is 6.07 Å². The molecule has 0 saturated carbocycles. The van der Waals surface area contributed by atoms with Crippen LogP contribution in [0.25, 0.3) is 0 Å². The van der Waals surface area contributed by atoms with Gasteiger partial charge in [0.1, 0.15) is 5.75 Å². The van der Waals surface area contributed by atoms with Gasteiger partial charge >= 0.3 is 6.09 Å². The van der Waals surface area contributed by atoms with Crippen molar-refractivity contribution >= 4 is 6.09 Å². The van der Waals surface area contributed by atoms with Crippen LogP contribution in [0.4, 0.5) is 4.79 Å². The van der Waals surface area contributed by atoms with Crippen molar-refractivity contribution in [3.63, 3.8) is 0 Å². The number of para-hydroxylation sites is 1. The summed E-state index contributed by atoms with van der Waals surface area (Å²) in [4.78, 5) is 14.9. The summed E-state index contributed by atoms with van der Waals surface area (Å²) in [6.07, 6.45) is -0.857. The van der Waals surface area contributed by atoms with E-state index in [4.69, 9.17) is 16.4 Å². The molecule has 0 radical (unpaired) electrons. The van der Waals surface area contributed by atoms with Gasteiger partial charge < -0.3 is 10.5 Å². The van der Waals surface area contributed by atoms with Crippen molar-refractivity contribution in [1.82, 2.24) is 0 Å². The van der Waals surface area contributed by atoms with Gasteiger partial charge in [0.25, 0.3) is 0 Å². The Balaban J connectivity index is 2.84. The molecule has 0 spiro atoms. The number of carbonyl (C=O) groups is 1. The monoisotopic (exact) mass is 182 g/mol. The predicted octanol–water partition coefficient (Wildman–Crippen LogP) is 0.534. The minimum absolute atomic E-state index is 0.170. The highest BCUT2D eigenvalue weighted by Crippen LogP contribution is 2.17. The van der Waals surface area contributed by atoms with Gasteiger partial charge in [-0.15, -0.1) is 0 Å². The number of amides is 1. The zero-order chi connectivity index (χ0) is 9.68. The average molecular weight is 182 g/mol. The average Bonchev–Trinajstić information content (AvgIpc) is 2.08. The summed E-state index contributed by atoms with van der Waals surface area (Å²) in [5.74, 6) is 5.25. The number of hydrogen-bond donors (Lipinski definition) is 2. The van der Waals surface area contributed by atoms with Crippen LogP contribution >= 0.6 is 0 Å². The van der Waals surface area contributed by atoms with Crippen LogP contribution in [0.2, 0.25) is 0 Å². The molecule has 1 amide bonds. The molecule has 1 aromatic carbocycles. The molecule has 0 atom stereocenters. The van der Waals surface area contributed by atoms with Crippen LogP contribution in [-0.4, -0.2) is 6.09 Å². The van der Waals surface area contributed by atoms with Crippen LogP contribution < -0.4 is 16.4 Å². The van der Waals surface area contributed by atoms with Crippen molar-refractivity contribution in [3.8, 4) is 5.75 Å². The quantitative estimate of drug-likeness (QED) is 0.667. The van der Waals surface area contributed by atoms with Crippen molar-refractivity contribution in [2.75, 3.05) is 0 Å². The van der Waals surface area contributed by atoms with Crippen molar-refractivity contribution in [1.29, 1.82) is 0 Å². The Bertz CT molecular complexity index is 301. The highest BCUT2D eigenvalue weighted by molar-refractivity contribution is 5.68. The van der Waals surface area contributed by atoms with E-state index in [9.17, 15) is 4.79 Å². The molecule has 5 heteroatoms. The van der Waals surface area contributed by atoms with E-state index < -0.39 is 6.09 Å². The maximum Gasteiger partial charge on any atom is 0.409 e. The Morgan fingerprint density at radius 3 is 2.69 bits per heavy atom. The number of hydrogen-bond acceptors (Lipinski definition) is 4. The molecule has 0 bridgehead atoms. The number of primary amides is 1. The number of ether oxygens (including phenoxy) is 1. The third-order valence-electron chi connectivity index (χ3n) is 1.42. The molecule has 5 nitrogen and oxygen atoms in total. The molecular weight excluding hydrogens is 172 g/mol. The molecule has 1 aromatic rings. The van der Waals surface area contributed by atoms with Gasteiger partial charge in [-0.1, -0.05) is 18.2 Å². The van der Waals surface area contributed by atoms with Crippen LogP contribution in [0, 0.1) is 0 Å². The second kappa shape index (κ2) is 4.44. The second-order valence-corrected chi connectivity index (χ2v) is 2.34. The minimum Gasteiger partial charge on any atom is -0.410 e. The van der Waals surface area contributed by atoms with Crippen LogP contribution in [0.1, 0.15) is 5.56 Å². The number of nitrogens with two attached hydrogens (primary N) is 2. The van der Waals surface area contributed by atoms with Crippen molar-refractivity contribution in [2.45, 2.75) is 6.61 Å². The molecule has 13 heavy (non-hydrogen) atoms. The Morgan fingerprint density at radius 2 is 2.08 bits per heavy atom. The fraction of sp³-hybridized carbons (Fsp3) is 0.125. The van der Waals surface area contributed by atoms with Crippen LogP contribution in [-0.2, 0) is 11.4 Å². The van der Waals surface area contributed by atoms with Crippen molar-refractivity contribution in [3.05, 3.63) is 29.8 Å². The van der Waals surface area contributed by atoms with Crippen molar-refractivity contribution < 1.29 is 14.4 Å². The fourth-order valence-electron chi connectivity index (χ4n) is 0.921. The van der Waals surface area contributed by atoms with E-state index in [1.807, 2.05) is 0 Å². The predicted molar refractivity (Wildman–Crippen MR) is 45.6 cm³/mol. The summed E-state index contributed by atoms with van der Waals surface area (Å²) in [5, 5.41) is 0. The first-order chi connectivity index (χ1) is 6.24. The normalized spacial score (nSPS) is 9.62. The summed E-state index contributed by atoms with van der Waals surface area (Å²) >= 11 is 0. The van der Waals surface area contributed by atoms with Crippen LogP contribution in [0.15, 0.2) is 24.3 Å². The largest absolute Gasteiger partial charge is 0.410 e. The molecule has 0 saturated heterocycles. The fourth-order valence-corrected chi connectivity index (χ4v) is 0.921. The summed E-state index contributed by atoms with van der Waals surface area (Å²) in [7, 11) is 0. The van der Waals surface area contributed by atoms with Gasteiger partial charge in [-0.2, -0.15) is 0 Å². The first-order valence-electron chi connectivity index (χ1n) is 3.61. The SMILES string of the molecule is NOCc1ccccc1OC(N)=O. The van der Waals surface area contributed by atoms with Gasteiger partial charge in [0.15, 0.2) is 0 Å². The molecular formula is C8H10N2O3. The molecule has 0 heterocycles. The summed E-state index contributed by atoms with van der Waals surface area (Å²) in [5.41, 5.74) is 5.53. The molecule has 1 rings (SSSR count). The molecule has 0 aliphatic heterocycles. The summed E-state index contributed by atoms with van der Waals surface area (Å²) in [6, 6.07) is 6.84. The standard InChI is InChI=1S/C8H10N2O3/c9-8(11)13-7-4-2-1-3-6(7)5-12-10/h1-4H,5,10H2,(H2,9,11). The van der Waals surface area contributed by atoms with Crippen LogP contribution in [0.3, 0.4) is 0 Å². The van der Waals surface area contributed by atoms with Gasteiger partial charge in [-0.3, -0.25) is 4.84 Å². The maximum atomic E-state index is 10.5. The molecule has 0 aliphatic rings. The lowest BCUT2D eigenvalue weighted by molar-refractivity contribution is 0.122. The minimum atomic E-state index is -0.857.